The molecule has 10 heteroatoms. The van der Waals surface area contributed by atoms with Crippen molar-refractivity contribution in [2.75, 3.05) is 25.5 Å². The minimum absolute atomic E-state index is 0.183. The molecule has 170 valence electrons. The molecule has 1 aromatic heterocycles. The van der Waals surface area contributed by atoms with E-state index in [4.69, 9.17) is 0 Å². The number of hydrogen-bond acceptors (Lipinski definition) is 7. The van der Waals surface area contributed by atoms with E-state index in [1.165, 1.54) is 26.3 Å². The second-order valence-corrected chi connectivity index (χ2v) is 10.7. The number of nitrogens with zero attached hydrogens (tertiary/aromatic N) is 5. The van der Waals surface area contributed by atoms with Gasteiger partial charge in [0, 0.05) is 36.4 Å². The standard InChI is InChI=1S/C21H33N7O2S/c1-15(2)27-12-11-17(14-27)28-25-21(24-26-28)19-13-18(31(29,30)22-3)9-10-20(19)23-16-7-5-4-6-8-16/h9-10,13,15-17,22-23H,4-8,11-12,14H2,1-3H3. The van der Waals surface area contributed by atoms with Gasteiger partial charge in [-0.15, -0.1) is 10.2 Å². The van der Waals surface area contributed by atoms with Crippen LogP contribution >= 0.6 is 0 Å². The number of hydrogen-bond donors (Lipinski definition) is 2. The Labute approximate surface area is 184 Å². The van der Waals surface area contributed by atoms with E-state index in [0.29, 0.717) is 23.5 Å². The molecule has 1 saturated heterocycles. The molecular formula is C21H33N7O2S. The summed E-state index contributed by atoms with van der Waals surface area (Å²) in [6, 6.07) is 6.15. The Bertz CT molecular complexity index is 999. The van der Waals surface area contributed by atoms with Gasteiger partial charge in [-0.2, -0.15) is 4.80 Å². The Hall–Kier alpha value is -2.04. The molecule has 9 nitrogen and oxygen atoms in total. The number of rotatable bonds is 7. The predicted octanol–water partition coefficient (Wildman–Crippen LogP) is 2.65. The molecule has 0 bridgehead atoms. The second kappa shape index (κ2) is 9.22. The van der Waals surface area contributed by atoms with Gasteiger partial charge in [0.2, 0.25) is 15.8 Å². The summed E-state index contributed by atoms with van der Waals surface area (Å²) in [5.74, 6) is 0.453. The lowest BCUT2D eigenvalue weighted by atomic mass is 9.95. The highest BCUT2D eigenvalue weighted by Gasteiger charge is 2.28. The van der Waals surface area contributed by atoms with Gasteiger partial charge in [-0.05, 0) is 63.6 Å². The van der Waals surface area contributed by atoms with Crippen molar-refractivity contribution in [1.82, 2.24) is 29.8 Å². The monoisotopic (exact) mass is 447 g/mol. The summed E-state index contributed by atoms with van der Waals surface area (Å²) in [6.07, 6.45) is 6.90. The van der Waals surface area contributed by atoms with Crippen molar-refractivity contribution in [1.29, 1.82) is 0 Å². The van der Waals surface area contributed by atoms with Crippen LogP contribution in [-0.4, -0.2) is 65.7 Å². The number of likely N-dealkylation sites (tertiary alicyclic amines) is 1. The van der Waals surface area contributed by atoms with Gasteiger partial charge in [-0.1, -0.05) is 19.3 Å². The first-order chi connectivity index (χ1) is 14.9. The molecule has 1 saturated carbocycles. The van der Waals surface area contributed by atoms with Crippen molar-refractivity contribution in [2.45, 2.75) is 75.4 Å². The molecule has 0 amide bonds. The average molecular weight is 448 g/mol. The van der Waals surface area contributed by atoms with E-state index in [9.17, 15) is 8.42 Å². The van der Waals surface area contributed by atoms with Crippen LogP contribution in [0.5, 0.6) is 0 Å². The van der Waals surface area contributed by atoms with Gasteiger partial charge in [0.1, 0.15) is 0 Å². The van der Waals surface area contributed by atoms with Crippen LogP contribution in [0.1, 0.15) is 58.4 Å². The third-order valence-electron chi connectivity index (χ3n) is 6.46. The Kier molecular flexibility index (Phi) is 6.59. The van der Waals surface area contributed by atoms with E-state index in [2.05, 4.69) is 44.2 Å². The molecule has 0 spiro atoms. The van der Waals surface area contributed by atoms with E-state index in [-0.39, 0.29) is 10.9 Å². The fraction of sp³-hybridized carbons (Fsp3) is 0.667. The second-order valence-electron chi connectivity index (χ2n) is 8.86. The molecule has 1 aromatic carbocycles. The van der Waals surface area contributed by atoms with Crippen LogP contribution in [0.25, 0.3) is 11.4 Å². The summed E-state index contributed by atoms with van der Waals surface area (Å²) in [4.78, 5) is 4.30. The molecule has 2 fully saturated rings. The zero-order valence-electron chi connectivity index (χ0n) is 18.6. The van der Waals surface area contributed by atoms with Crippen molar-refractivity contribution in [3.8, 4) is 11.4 Å². The first-order valence-electron chi connectivity index (χ1n) is 11.3. The molecule has 2 heterocycles. The topological polar surface area (TPSA) is 105 Å². The van der Waals surface area contributed by atoms with Crippen LogP contribution < -0.4 is 10.0 Å². The smallest absolute Gasteiger partial charge is 0.240 e. The zero-order valence-corrected chi connectivity index (χ0v) is 19.4. The Morgan fingerprint density at radius 1 is 1.13 bits per heavy atom. The van der Waals surface area contributed by atoms with Crippen molar-refractivity contribution in [2.24, 2.45) is 0 Å². The number of sulfonamides is 1. The Balaban J connectivity index is 1.65. The van der Waals surface area contributed by atoms with Gasteiger partial charge in [-0.25, -0.2) is 13.1 Å². The van der Waals surface area contributed by atoms with Crippen LogP contribution in [0, 0.1) is 0 Å². The molecule has 2 aliphatic rings. The lowest BCUT2D eigenvalue weighted by Crippen LogP contribution is -2.29. The van der Waals surface area contributed by atoms with Crippen LogP contribution in [0.3, 0.4) is 0 Å². The quantitative estimate of drug-likeness (QED) is 0.672. The highest BCUT2D eigenvalue weighted by atomic mass is 32.2. The summed E-state index contributed by atoms with van der Waals surface area (Å²) in [5.41, 5.74) is 1.53. The molecule has 4 rings (SSSR count). The summed E-state index contributed by atoms with van der Waals surface area (Å²) in [6.45, 7) is 6.30. The summed E-state index contributed by atoms with van der Waals surface area (Å²) >= 11 is 0. The SMILES string of the molecule is CNS(=O)(=O)c1ccc(NC2CCCCC2)c(-c2nnn(C3CCN(C(C)C)C3)n2)c1. The largest absolute Gasteiger partial charge is 0.382 e. The maximum absolute atomic E-state index is 12.4. The Morgan fingerprint density at radius 2 is 1.90 bits per heavy atom. The lowest BCUT2D eigenvalue weighted by molar-refractivity contribution is 0.258. The van der Waals surface area contributed by atoms with E-state index in [1.54, 1.807) is 16.9 Å². The third-order valence-corrected chi connectivity index (χ3v) is 7.87. The van der Waals surface area contributed by atoms with Crippen LogP contribution in [0.2, 0.25) is 0 Å². The maximum Gasteiger partial charge on any atom is 0.240 e. The van der Waals surface area contributed by atoms with Crippen LogP contribution in [0.15, 0.2) is 23.1 Å². The minimum atomic E-state index is -3.57. The predicted molar refractivity (Wildman–Crippen MR) is 120 cm³/mol. The van der Waals surface area contributed by atoms with Crippen LogP contribution in [-0.2, 0) is 10.0 Å². The number of benzene rings is 1. The van der Waals surface area contributed by atoms with Crippen molar-refractivity contribution in [3.63, 3.8) is 0 Å². The molecule has 0 radical (unpaired) electrons. The van der Waals surface area contributed by atoms with E-state index in [0.717, 1.165) is 38.0 Å². The van der Waals surface area contributed by atoms with Gasteiger partial charge < -0.3 is 5.32 Å². The summed E-state index contributed by atoms with van der Waals surface area (Å²) < 4.78 is 27.2. The number of anilines is 1. The molecular weight excluding hydrogens is 414 g/mol. The van der Waals surface area contributed by atoms with Crippen molar-refractivity contribution >= 4 is 15.7 Å². The fourth-order valence-corrected chi connectivity index (χ4v) is 5.26. The molecule has 2 aromatic rings. The summed E-state index contributed by atoms with van der Waals surface area (Å²) in [5, 5.41) is 16.9. The van der Waals surface area contributed by atoms with Gasteiger partial charge in [-0.3, -0.25) is 4.90 Å². The van der Waals surface area contributed by atoms with E-state index in [1.807, 2.05) is 6.07 Å². The van der Waals surface area contributed by atoms with Crippen molar-refractivity contribution in [3.05, 3.63) is 18.2 Å². The highest BCUT2D eigenvalue weighted by molar-refractivity contribution is 7.89. The van der Waals surface area contributed by atoms with E-state index < -0.39 is 10.0 Å². The molecule has 2 N–H and O–H groups in total. The lowest BCUT2D eigenvalue weighted by Gasteiger charge is -2.25. The molecule has 31 heavy (non-hydrogen) atoms. The fourth-order valence-electron chi connectivity index (χ4n) is 4.50. The zero-order chi connectivity index (χ0) is 22.0. The first-order valence-corrected chi connectivity index (χ1v) is 12.7. The molecule has 1 unspecified atom stereocenters. The highest BCUT2D eigenvalue weighted by Crippen LogP contribution is 2.31. The van der Waals surface area contributed by atoms with Gasteiger partial charge in [0.05, 0.1) is 10.9 Å². The summed E-state index contributed by atoms with van der Waals surface area (Å²) in [7, 11) is -2.16. The molecule has 1 aliphatic heterocycles. The number of aromatic nitrogens is 4. The van der Waals surface area contributed by atoms with Gasteiger partial charge in [0.25, 0.3) is 0 Å². The van der Waals surface area contributed by atoms with Crippen LogP contribution in [0.4, 0.5) is 5.69 Å². The Morgan fingerprint density at radius 3 is 2.58 bits per heavy atom. The average Bonchev–Trinajstić information content (AvgIpc) is 3.44. The molecule has 1 aliphatic carbocycles. The maximum atomic E-state index is 12.4. The van der Waals surface area contributed by atoms with Crippen molar-refractivity contribution < 1.29 is 8.42 Å². The minimum Gasteiger partial charge on any atom is -0.382 e. The van der Waals surface area contributed by atoms with Gasteiger partial charge in [0.15, 0.2) is 0 Å². The van der Waals surface area contributed by atoms with Gasteiger partial charge >= 0.3 is 0 Å². The normalized spacial score (nSPS) is 21.1. The first kappa shape index (κ1) is 22.2. The molecule has 1 atom stereocenters. The number of tetrazole rings is 1. The number of nitrogens with one attached hydrogen (secondary N) is 2. The third kappa shape index (κ3) is 4.91. The van der Waals surface area contributed by atoms with E-state index >= 15 is 0 Å².